The normalized spacial score (nSPS) is 17.2. The van der Waals surface area contributed by atoms with E-state index in [1.807, 2.05) is 13.1 Å². The van der Waals surface area contributed by atoms with Crippen molar-refractivity contribution in [1.82, 2.24) is 4.90 Å². The van der Waals surface area contributed by atoms with Crippen molar-refractivity contribution in [2.75, 3.05) is 13.6 Å². The maximum Gasteiger partial charge on any atom is 0.142 e. The molecule has 1 nitrogen and oxygen atoms in total. The molecule has 13 heavy (non-hydrogen) atoms. The third-order valence-electron chi connectivity index (χ3n) is 2.48. The SMILES string of the molecule is CN1CCc2ccc(F)c(Cl)c2C1. The zero-order chi connectivity index (χ0) is 9.42. The number of rotatable bonds is 0. The molecule has 0 saturated carbocycles. The van der Waals surface area contributed by atoms with Crippen LogP contribution in [0.4, 0.5) is 4.39 Å². The second kappa shape index (κ2) is 3.28. The lowest BCUT2D eigenvalue weighted by molar-refractivity contribution is 0.312. The van der Waals surface area contributed by atoms with Crippen LogP contribution < -0.4 is 0 Å². The van der Waals surface area contributed by atoms with Crippen molar-refractivity contribution in [3.8, 4) is 0 Å². The monoisotopic (exact) mass is 199 g/mol. The molecular weight excluding hydrogens is 189 g/mol. The molecule has 0 bridgehead atoms. The molecule has 1 aliphatic heterocycles. The van der Waals surface area contributed by atoms with Gasteiger partial charge in [0.25, 0.3) is 0 Å². The van der Waals surface area contributed by atoms with E-state index in [0.717, 1.165) is 25.1 Å². The van der Waals surface area contributed by atoms with Gasteiger partial charge in [-0.3, -0.25) is 0 Å². The Bertz CT molecular complexity index is 338. The smallest absolute Gasteiger partial charge is 0.142 e. The number of halogens is 2. The van der Waals surface area contributed by atoms with Crippen LogP contribution in [0.3, 0.4) is 0 Å². The Labute approximate surface area is 82.1 Å². The summed E-state index contributed by atoms with van der Waals surface area (Å²) in [6.45, 7) is 1.78. The highest BCUT2D eigenvalue weighted by Crippen LogP contribution is 2.27. The molecule has 0 atom stereocenters. The van der Waals surface area contributed by atoms with Gasteiger partial charge in [0, 0.05) is 13.1 Å². The van der Waals surface area contributed by atoms with E-state index in [0.29, 0.717) is 5.02 Å². The van der Waals surface area contributed by atoms with E-state index < -0.39 is 0 Å². The number of likely N-dealkylation sites (N-methyl/N-ethyl adjacent to an activating group) is 1. The lowest BCUT2D eigenvalue weighted by atomic mass is 10.00. The number of benzene rings is 1. The Kier molecular flexibility index (Phi) is 2.26. The minimum absolute atomic E-state index is 0.295. The lowest BCUT2D eigenvalue weighted by Gasteiger charge is -2.25. The summed E-state index contributed by atoms with van der Waals surface area (Å²) < 4.78 is 13.1. The van der Waals surface area contributed by atoms with Crippen molar-refractivity contribution >= 4 is 11.6 Å². The standard InChI is InChI=1S/C10H11ClFN/c1-13-5-4-7-2-3-9(12)10(11)8(7)6-13/h2-3H,4-6H2,1H3. The minimum atomic E-state index is -0.310. The van der Waals surface area contributed by atoms with Crippen LogP contribution in [0.5, 0.6) is 0 Å². The Morgan fingerprint density at radius 1 is 1.46 bits per heavy atom. The molecule has 0 fully saturated rings. The molecule has 0 radical (unpaired) electrons. The molecule has 1 aromatic rings. The van der Waals surface area contributed by atoms with Gasteiger partial charge < -0.3 is 4.90 Å². The number of fused-ring (bicyclic) bond motifs is 1. The van der Waals surface area contributed by atoms with Crippen LogP contribution in [-0.2, 0) is 13.0 Å². The first kappa shape index (κ1) is 8.97. The zero-order valence-electron chi connectivity index (χ0n) is 7.48. The van der Waals surface area contributed by atoms with Gasteiger partial charge in [0.05, 0.1) is 5.02 Å². The van der Waals surface area contributed by atoms with E-state index in [1.54, 1.807) is 0 Å². The van der Waals surface area contributed by atoms with Crippen LogP contribution in [0.2, 0.25) is 5.02 Å². The summed E-state index contributed by atoms with van der Waals surface area (Å²) >= 11 is 5.87. The third kappa shape index (κ3) is 1.56. The van der Waals surface area contributed by atoms with E-state index in [2.05, 4.69) is 4.90 Å². The van der Waals surface area contributed by atoms with Crippen LogP contribution in [0.25, 0.3) is 0 Å². The molecule has 2 rings (SSSR count). The van der Waals surface area contributed by atoms with Crippen LogP contribution >= 0.6 is 11.6 Å². The second-order valence-corrected chi connectivity index (χ2v) is 3.86. The Balaban J connectivity index is 2.48. The zero-order valence-corrected chi connectivity index (χ0v) is 8.24. The first-order valence-corrected chi connectivity index (χ1v) is 4.70. The summed E-state index contributed by atoms with van der Waals surface area (Å²) in [5.41, 5.74) is 2.14. The van der Waals surface area contributed by atoms with Crippen LogP contribution in [-0.4, -0.2) is 18.5 Å². The van der Waals surface area contributed by atoms with Gasteiger partial charge in [-0.2, -0.15) is 0 Å². The van der Waals surface area contributed by atoms with Gasteiger partial charge in [-0.15, -0.1) is 0 Å². The van der Waals surface area contributed by atoms with Gasteiger partial charge in [0.15, 0.2) is 0 Å². The van der Waals surface area contributed by atoms with Gasteiger partial charge in [0.1, 0.15) is 5.82 Å². The third-order valence-corrected chi connectivity index (χ3v) is 2.89. The summed E-state index contributed by atoms with van der Waals surface area (Å²) in [5, 5.41) is 0.295. The molecule has 0 saturated heterocycles. The first-order valence-electron chi connectivity index (χ1n) is 4.33. The molecule has 0 aliphatic carbocycles. The van der Waals surface area contributed by atoms with Crippen molar-refractivity contribution < 1.29 is 4.39 Å². The number of hydrogen-bond acceptors (Lipinski definition) is 1. The van der Waals surface area contributed by atoms with Crippen molar-refractivity contribution in [3.63, 3.8) is 0 Å². The Morgan fingerprint density at radius 2 is 2.23 bits per heavy atom. The van der Waals surface area contributed by atoms with Crippen LogP contribution in [0, 0.1) is 5.82 Å². The molecule has 0 aromatic heterocycles. The maximum absolute atomic E-state index is 13.1. The predicted molar refractivity (Wildman–Crippen MR) is 51.4 cm³/mol. The highest BCUT2D eigenvalue weighted by Gasteiger charge is 2.17. The molecule has 0 unspecified atom stereocenters. The van der Waals surface area contributed by atoms with Crippen LogP contribution in [0.15, 0.2) is 12.1 Å². The molecule has 1 aliphatic rings. The Morgan fingerprint density at radius 3 is 3.00 bits per heavy atom. The summed E-state index contributed by atoms with van der Waals surface area (Å²) in [6, 6.07) is 3.29. The lowest BCUT2D eigenvalue weighted by Crippen LogP contribution is -2.26. The highest BCUT2D eigenvalue weighted by molar-refractivity contribution is 6.31. The fourth-order valence-electron chi connectivity index (χ4n) is 1.70. The van der Waals surface area contributed by atoms with Crippen LogP contribution in [0.1, 0.15) is 11.1 Å². The van der Waals surface area contributed by atoms with Crippen molar-refractivity contribution in [2.24, 2.45) is 0 Å². The number of nitrogens with zero attached hydrogens (tertiary/aromatic N) is 1. The first-order chi connectivity index (χ1) is 6.18. The fraction of sp³-hybridized carbons (Fsp3) is 0.400. The summed E-state index contributed by atoms with van der Waals surface area (Å²) in [4.78, 5) is 2.15. The van der Waals surface area contributed by atoms with Crippen molar-refractivity contribution in [3.05, 3.63) is 34.1 Å². The molecule has 1 aromatic carbocycles. The molecule has 0 amide bonds. The van der Waals surface area contributed by atoms with Gasteiger partial charge in [-0.25, -0.2) is 4.39 Å². The summed E-state index contributed by atoms with van der Waals surface area (Å²) in [6.07, 6.45) is 0.964. The highest BCUT2D eigenvalue weighted by atomic mass is 35.5. The molecule has 70 valence electrons. The van der Waals surface area contributed by atoms with Gasteiger partial charge in [-0.1, -0.05) is 17.7 Å². The Hall–Kier alpha value is -0.600. The molecule has 3 heteroatoms. The van der Waals surface area contributed by atoms with E-state index in [9.17, 15) is 4.39 Å². The largest absolute Gasteiger partial charge is 0.302 e. The van der Waals surface area contributed by atoms with Gasteiger partial charge in [-0.05, 0) is 30.7 Å². The van der Waals surface area contributed by atoms with E-state index in [1.165, 1.54) is 11.6 Å². The molecule has 1 heterocycles. The molecule has 0 N–H and O–H groups in total. The van der Waals surface area contributed by atoms with Crippen molar-refractivity contribution in [1.29, 1.82) is 0 Å². The van der Waals surface area contributed by atoms with Gasteiger partial charge in [0.2, 0.25) is 0 Å². The second-order valence-electron chi connectivity index (χ2n) is 3.49. The van der Waals surface area contributed by atoms with E-state index in [4.69, 9.17) is 11.6 Å². The fourth-order valence-corrected chi connectivity index (χ4v) is 1.94. The molecular formula is C10H11ClFN. The summed E-state index contributed by atoms with van der Waals surface area (Å²) in [5.74, 6) is -0.310. The minimum Gasteiger partial charge on any atom is -0.302 e. The number of hydrogen-bond donors (Lipinski definition) is 0. The maximum atomic E-state index is 13.1. The predicted octanol–water partition coefficient (Wildman–Crippen LogP) is 2.47. The summed E-state index contributed by atoms with van der Waals surface area (Å²) in [7, 11) is 2.02. The van der Waals surface area contributed by atoms with E-state index in [-0.39, 0.29) is 5.82 Å². The van der Waals surface area contributed by atoms with Gasteiger partial charge >= 0.3 is 0 Å². The van der Waals surface area contributed by atoms with Crippen molar-refractivity contribution in [2.45, 2.75) is 13.0 Å². The average Bonchev–Trinajstić information content (AvgIpc) is 2.12. The molecule has 0 spiro atoms. The topological polar surface area (TPSA) is 3.24 Å². The van der Waals surface area contributed by atoms with E-state index >= 15 is 0 Å². The quantitative estimate of drug-likeness (QED) is 0.621. The average molecular weight is 200 g/mol.